The van der Waals surface area contributed by atoms with E-state index in [1.165, 1.54) is 0 Å². The van der Waals surface area contributed by atoms with Crippen LogP contribution >= 0.6 is 0 Å². The lowest BCUT2D eigenvalue weighted by Crippen LogP contribution is -2.18. The maximum absolute atomic E-state index is 12.7. The topological polar surface area (TPSA) is 71.1 Å². The van der Waals surface area contributed by atoms with Crippen molar-refractivity contribution in [2.45, 2.75) is 18.9 Å². The van der Waals surface area contributed by atoms with Crippen molar-refractivity contribution in [2.24, 2.45) is 0 Å². The van der Waals surface area contributed by atoms with E-state index in [0.717, 1.165) is 28.4 Å². The second-order valence-corrected chi connectivity index (χ2v) is 6.14. The number of carbonyl (C=O) groups excluding carboxylic acids is 2. The van der Waals surface area contributed by atoms with E-state index in [2.05, 4.69) is 15.6 Å². The van der Waals surface area contributed by atoms with Gasteiger partial charge in [-0.2, -0.15) is 0 Å². The van der Waals surface area contributed by atoms with E-state index in [9.17, 15) is 9.59 Å². The van der Waals surface area contributed by atoms with Crippen LogP contribution in [0.2, 0.25) is 0 Å². The van der Waals surface area contributed by atoms with Gasteiger partial charge in [-0.1, -0.05) is 24.3 Å². The number of anilines is 1. The maximum atomic E-state index is 12.7. The highest BCUT2D eigenvalue weighted by atomic mass is 16.2. The Balaban J connectivity index is 1.59. The van der Waals surface area contributed by atoms with Crippen LogP contribution in [0.3, 0.4) is 0 Å². The van der Waals surface area contributed by atoms with Crippen molar-refractivity contribution in [1.82, 2.24) is 10.3 Å². The zero-order chi connectivity index (χ0) is 17.2. The Kier molecular flexibility index (Phi) is 3.90. The van der Waals surface area contributed by atoms with Crippen molar-refractivity contribution in [3.63, 3.8) is 0 Å². The van der Waals surface area contributed by atoms with Crippen LogP contribution in [0, 0.1) is 0 Å². The minimum absolute atomic E-state index is 0.0213. The molecule has 0 saturated carbocycles. The minimum atomic E-state index is -0.163. The van der Waals surface area contributed by atoms with Crippen LogP contribution < -0.4 is 10.6 Å². The van der Waals surface area contributed by atoms with Gasteiger partial charge >= 0.3 is 0 Å². The summed E-state index contributed by atoms with van der Waals surface area (Å²) in [5.74, 6) is -0.0896. The third-order valence-corrected chi connectivity index (χ3v) is 4.47. The quantitative estimate of drug-likeness (QED) is 0.772. The normalized spacial score (nSPS) is 16.6. The molecule has 0 spiro atoms. The fourth-order valence-corrected chi connectivity index (χ4v) is 3.22. The number of hydrogen-bond donors (Lipinski definition) is 2. The molecule has 1 fully saturated rings. The summed E-state index contributed by atoms with van der Waals surface area (Å²) in [6, 6.07) is 15.1. The fraction of sp³-hybridized carbons (Fsp3) is 0.150. The zero-order valence-corrected chi connectivity index (χ0v) is 13.5. The average molecular weight is 331 g/mol. The smallest absolute Gasteiger partial charge is 0.256 e. The van der Waals surface area contributed by atoms with Gasteiger partial charge in [0.2, 0.25) is 5.91 Å². The Morgan fingerprint density at radius 1 is 1.16 bits per heavy atom. The molecule has 25 heavy (non-hydrogen) atoms. The molecule has 0 radical (unpaired) electrons. The highest BCUT2D eigenvalue weighted by Crippen LogP contribution is 2.26. The molecule has 1 saturated heterocycles. The highest BCUT2D eigenvalue weighted by Gasteiger charge is 2.22. The van der Waals surface area contributed by atoms with Crippen molar-refractivity contribution in [2.75, 3.05) is 5.32 Å². The summed E-state index contributed by atoms with van der Waals surface area (Å²) >= 11 is 0. The van der Waals surface area contributed by atoms with Crippen molar-refractivity contribution in [3.05, 3.63) is 72.1 Å². The lowest BCUT2D eigenvalue weighted by Gasteiger charge is -2.13. The number of nitrogens with one attached hydrogen (secondary N) is 2. The molecule has 3 aromatic rings. The van der Waals surface area contributed by atoms with Gasteiger partial charge < -0.3 is 10.6 Å². The van der Waals surface area contributed by atoms with Gasteiger partial charge in [-0.25, -0.2) is 0 Å². The van der Waals surface area contributed by atoms with Crippen molar-refractivity contribution in [3.8, 4) is 0 Å². The Morgan fingerprint density at radius 2 is 2.04 bits per heavy atom. The number of pyridine rings is 1. The predicted octanol–water partition coefficient (Wildman–Crippen LogP) is 3.44. The van der Waals surface area contributed by atoms with E-state index < -0.39 is 0 Å². The molecule has 0 bridgehead atoms. The summed E-state index contributed by atoms with van der Waals surface area (Å²) in [6.07, 6.45) is 4.76. The molecular weight excluding hydrogens is 314 g/mol. The molecule has 2 amide bonds. The molecule has 1 aliphatic rings. The van der Waals surface area contributed by atoms with Crippen molar-refractivity contribution in [1.29, 1.82) is 0 Å². The molecule has 5 heteroatoms. The number of nitrogens with zero attached hydrogens (tertiary/aromatic N) is 1. The SMILES string of the molecule is O=C1CCC(c2cccc(NC(=O)c3cccc4cnccc34)c2)N1. The molecule has 124 valence electrons. The van der Waals surface area contributed by atoms with Gasteiger partial charge in [0.15, 0.2) is 0 Å². The third-order valence-electron chi connectivity index (χ3n) is 4.47. The van der Waals surface area contributed by atoms with E-state index >= 15 is 0 Å². The molecular formula is C20H17N3O2. The molecule has 2 aromatic carbocycles. The lowest BCUT2D eigenvalue weighted by atomic mass is 10.0. The first-order valence-corrected chi connectivity index (χ1v) is 8.24. The number of aromatic nitrogens is 1. The van der Waals surface area contributed by atoms with Crippen molar-refractivity contribution < 1.29 is 9.59 Å². The first-order chi connectivity index (χ1) is 12.2. The van der Waals surface area contributed by atoms with Gasteiger partial charge in [0.05, 0.1) is 6.04 Å². The first-order valence-electron chi connectivity index (χ1n) is 8.24. The van der Waals surface area contributed by atoms with Crippen LogP contribution in [-0.2, 0) is 4.79 Å². The summed E-state index contributed by atoms with van der Waals surface area (Å²) in [5, 5.41) is 7.70. The number of fused-ring (bicyclic) bond motifs is 1. The van der Waals surface area contributed by atoms with E-state index in [1.807, 2.05) is 42.5 Å². The van der Waals surface area contributed by atoms with Gasteiger partial charge in [-0.15, -0.1) is 0 Å². The third kappa shape index (κ3) is 3.08. The first kappa shape index (κ1) is 15.3. The van der Waals surface area contributed by atoms with Crippen LogP contribution in [0.4, 0.5) is 5.69 Å². The molecule has 4 rings (SSSR count). The van der Waals surface area contributed by atoms with Crippen LogP contribution in [-0.4, -0.2) is 16.8 Å². The van der Waals surface area contributed by atoms with Gasteiger partial charge in [0.25, 0.3) is 5.91 Å². The Labute approximate surface area is 145 Å². The molecule has 1 atom stereocenters. The van der Waals surface area contributed by atoms with Crippen LogP contribution in [0.5, 0.6) is 0 Å². The molecule has 1 aromatic heterocycles. The highest BCUT2D eigenvalue weighted by molar-refractivity contribution is 6.12. The van der Waals surface area contributed by atoms with Crippen LogP contribution in [0.15, 0.2) is 60.9 Å². The molecule has 2 N–H and O–H groups in total. The van der Waals surface area contributed by atoms with E-state index in [1.54, 1.807) is 18.5 Å². The number of benzene rings is 2. The summed E-state index contributed by atoms with van der Waals surface area (Å²) in [6.45, 7) is 0. The Bertz CT molecular complexity index is 963. The number of rotatable bonds is 3. The molecule has 1 aliphatic heterocycles. The van der Waals surface area contributed by atoms with E-state index in [0.29, 0.717) is 12.0 Å². The van der Waals surface area contributed by atoms with Gasteiger partial charge in [-0.3, -0.25) is 14.6 Å². The fourth-order valence-electron chi connectivity index (χ4n) is 3.22. The Hall–Kier alpha value is -3.21. The number of amides is 2. The van der Waals surface area contributed by atoms with Gasteiger partial charge in [-0.05, 0) is 41.6 Å². The summed E-state index contributed by atoms with van der Waals surface area (Å²) in [4.78, 5) is 28.2. The predicted molar refractivity (Wildman–Crippen MR) is 96.3 cm³/mol. The van der Waals surface area contributed by atoms with Gasteiger partial charge in [0, 0.05) is 35.5 Å². The summed E-state index contributed by atoms with van der Waals surface area (Å²) in [5.41, 5.74) is 2.33. The number of carbonyl (C=O) groups is 2. The maximum Gasteiger partial charge on any atom is 0.256 e. The summed E-state index contributed by atoms with van der Waals surface area (Å²) in [7, 11) is 0. The standard InChI is InChI=1S/C20H17N3O2/c24-19-8-7-18(23-19)13-3-1-5-15(11-13)22-20(25)17-6-2-4-14-12-21-10-9-16(14)17/h1-6,9-12,18H,7-8H2,(H,22,25)(H,23,24). The van der Waals surface area contributed by atoms with Crippen molar-refractivity contribution >= 4 is 28.3 Å². The summed E-state index contributed by atoms with van der Waals surface area (Å²) < 4.78 is 0. The van der Waals surface area contributed by atoms with E-state index in [4.69, 9.17) is 0 Å². The van der Waals surface area contributed by atoms with E-state index in [-0.39, 0.29) is 17.9 Å². The van der Waals surface area contributed by atoms with Gasteiger partial charge in [0.1, 0.15) is 0 Å². The lowest BCUT2D eigenvalue weighted by molar-refractivity contribution is -0.119. The molecule has 1 unspecified atom stereocenters. The molecule has 0 aliphatic carbocycles. The molecule has 5 nitrogen and oxygen atoms in total. The molecule has 2 heterocycles. The monoisotopic (exact) mass is 331 g/mol. The second-order valence-electron chi connectivity index (χ2n) is 6.14. The number of hydrogen-bond acceptors (Lipinski definition) is 3. The minimum Gasteiger partial charge on any atom is -0.349 e. The Morgan fingerprint density at radius 3 is 2.88 bits per heavy atom. The zero-order valence-electron chi connectivity index (χ0n) is 13.5. The second kappa shape index (κ2) is 6.36. The van der Waals surface area contributed by atoms with Crippen LogP contribution in [0.25, 0.3) is 10.8 Å². The average Bonchev–Trinajstić information content (AvgIpc) is 3.08. The largest absolute Gasteiger partial charge is 0.349 e. The van der Waals surface area contributed by atoms with Crippen LogP contribution in [0.1, 0.15) is 34.8 Å².